The highest BCUT2D eigenvalue weighted by Crippen LogP contribution is 2.27. The number of nitrogens with zero attached hydrogens (tertiary/aromatic N) is 1. The Hall–Kier alpha value is -2.00. The molecule has 0 amide bonds. The van der Waals surface area contributed by atoms with E-state index in [0.717, 1.165) is 31.7 Å². The minimum atomic E-state index is 0.380. The number of aryl methyl sites for hydroxylation is 1. The molecule has 1 aliphatic rings. The van der Waals surface area contributed by atoms with Crippen LogP contribution in [0, 0.1) is 6.92 Å². The van der Waals surface area contributed by atoms with E-state index in [0.29, 0.717) is 5.75 Å². The zero-order valence-corrected chi connectivity index (χ0v) is 11.8. The normalized spacial score (nSPS) is 14.8. The molecule has 2 aromatic carbocycles. The molecular weight excluding hydrogens is 248 g/mol. The van der Waals surface area contributed by atoms with E-state index in [-0.39, 0.29) is 0 Å². The summed E-state index contributed by atoms with van der Waals surface area (Å²) in [4.78, 5) is 2.34. The van der Waals surface area contributed by atoms with Crippen molar-refractivity contribution in [3.63, 3.8) is 0 Å². The maximum Gasteiger partial charge on any atom is 0.120 e. The SMILES string of the molecule is Cc1ccc(O)c(CN2CCNCc3ccccc32)c1. The number of anilines is 1. The van der Waals surface area contributed by atoms with Gasteiger partial charge >= 0.3 is 0 Å². The number of phenolic OH excluding ortho intramolecular Hbond substituents is 1. The molecule has 20 heavy (non-hydrogen) atoms. The van der Waals surface area contributed by atoms with Crippen molar-refractivity contribution in [1.29, 1.82) is 0 Å². The molecule has 0 unspecified atom stereocenters. The standard InChI is InChI=1S/C17H20N2O/c1-13-6-7-17(20)15(10-13)12-19-9-8-18-11-14-4-2-3-5-16(14)19/h2-7,10,18,20H,8-9,11-12H2,1H3. The summed E-state index contributed by atoms with van der Waals surface area (Å²) in [6.45, 7) is 5.62. The Bertz CT molecular complexity index is 610. The van der Waals surface area contributed by atoms with E-state index in [9.17, 15) is 5.11 Å². The van der Waals surface area contributed by atoms with Crippen LogP contribution in [-0.2, 0) is 13.1 Å². The lowest BCUT2D eigenvalue weighted by Crippen LogP contribution is -2.28. The van der Waals surface area contributed by atoms with Crippen LogP contribution in [0.5, 0.6) is 5.75 Å². The summed E-state index contributed by atoms with van der Waals surface area (Å²) in [5, 5.41) is 13.5. The molecule has 0 saturated heterocycles. The number of hydrogen-bond acceptors (Lipinski definition) is 3. The molecule has 0 saturated carbocycles. The first-order valence-electron chi connectivity index (χ1n) is 7.06. The van der Waals surface area contributed by atoms with Gasteiger partial charge in [0, 0.05) is 37.4 Å². The molecule has 0 atom stereocenters. The van der Waals surface area contributed by atoms with Crippen molar-refractivity contribution in [2.75, 3.05) is 18.0 Å². The highest BCUT2D eigenvalue weighted by molar-refractivity contribution is 5.55. The first-order chi connectivity index (χ1) is 9.74. The Morgan fingerprint density at radius 3 is 2.95 bits per heavy atom. The molecule has 1 aliphatic heterocycles. The van der Waals surface area contributed by atoms with E-state index in [4.69, 9.17) is 0 Å². The molecule has 2 aromatic rings. The average Bonchev–Trinajstić information content (AvgIpc) is 2.66. The number of nitrogens with one attached hydrogen (secondary N) is 1. The molecule has 0 spiro atoms. The first-order valence-corrected chi connectivity index (χ1v) is 7.06. The van der Waals surface area contributed by atoms with Crippen molar-refractivity contribution in [3.05, 3.63) is 59.2 Å². The zero-order chi connectivity index (χ0) is 13.9. The molecule has 0 fully saturated rings. The minimum absolute atomic E-state index is 0.380. The Balaban J connectivity index is 1.92. The summed E-state index contributed by atoms with van der Waals surface area (Å²) < 4.78 is 0. The smallest absolute Gasteiger partial charge is 0.120 e. The van der Waals surface area contributed by atoms with Crippen molar-refractivity contribution in [1.82, 2.24) is 5.32 Å². The van der Waals surface area contributed by atoms with Gasteiger partial charge in [-0.3, -0.25) is 0 Å². The molecule has 3 rings (SSSR count). The Kier molecular flexibility index (Phi) is 3.61. The Morgan fingerprint density at radius 1 is 1.20 bits per heavy atom. The third kappa shape index (κ3) is 2.63. The van der Waals surface area contributed by atoms with Gasteiger partial charge in [-0.25, -0.2) is 0 Å². The van der Waals surface area contributed by atoms with Gasteiger partial charge < -0.3 is 15.3 Å². The van der Waals surface area contributed by atoms with Crippen LogP contribution in [0.4, 0.5) is 5.69 Å². The summed E-state index contributed by atoms with van der Waals surface area (Å²) >= 11 is 0. The fraction of sp³-hybridized carbons (Fsp3) is 0.294. The molecule has 0 bridgehead atoms. The third-order valence-electron chi connectivity index (χ3n) is 3.80. The van der Waals surface area contributed by atoms with Gasteiger partial charge in [0.2, 0.25) is 0 Å². The summed E-state index contributed by atoms with van der Waals surface area (Å²) in [5.74, 6) is 0.380. The van der Waals surface area contributed by atoms with Crippen LogP contribution < -0.4 is 10.2 Å². The molecule has 0 aliphatic carbocycles. The lowest BCUT2D eigenvalue weighted by Gasteiger charge is -2.25. The minimum Gasteiger partial charge on any atom is -0.508 e. The maximum atomic E-state index is 10.0. The predicted molar refractivity (Wildman–Crippen MR) is 82.0 cm³/mol. The van der Waals surface area contributed by atoms with Crippen molar-refractivity contribution < 1.29 is 5.11 Å². The molecule has 0 radical (unpaired) electrons. The molecule has 1 heterocycles. The highest BCUT2D eigenvalue weighted by Gasteiger charge is 2.15. The lowest BCUT2D eigenvalue weighted by molar-refractivity contribution is 0.467. The van der Waals surface area contributed by atoms with E-state index in [1.165, 1.54) is 16.8 Å². The van der Waals surface area contributed by atoms with Gasteiger partial charge in [-0.2, -0.15) is 0 Å². The Labute approximate surface area is 119 Å². The zero-order valence-electron chi connectivity index (χ0n) is 11.8. The van der Waals surface area contributed by atoms with Crippen LogP contribution in [0.3, 0.4) is 0 Å². The largest absolute Gasteiger partial charge is 0.508 e. The van der Waals surface area contributed by atoms with Crippen LogP contribution in [0.15, 0.2) is 42.5 Å². The first kappa shape index (κ1) is 13.0. The van der Waals surface area contributed by atoms with Crippen LogP contribution in [0.2, 0.25) is 0 Å². The van der Waals surface area contributed by atoms with E-state index in [2.05, 4.69) is 47.5 Å². The van der Waals surface area contributed by atoms with Gasteiger partial charge in [0.25, 0.3) is 0 Å². The molecule has 3 nitrogen and oxygen atoms in total. The van der Waals surface area contributed by atoms with Crippen LogP contribution >= 0.6 is 0 Å². The second-order valence-corrected chi connectivity index (χ2v) is 5.36. The third-order valence-corrected chi connectivity index (χ3v) is 3.80. The number of hydrogen-bond donors (Lipinski definition) is 2. The summed E-state index contributed by atoms with van der Waals surface area (Å²) in [6.07, 6.45) is 0. The van der Waals surface area contributed by atoms with Crippen molar-refractivity contribution in [3.8, 4) is 5.75 Å². The molecule has 3 heteroatoms. The summed E-state index contributed by atoms with van der Waals surface area (Å²) in [7, 11) is 0. The van der Waals surface area contributed by atoms with Crippen molar-refractivity contribution >= 4 is 5.69 Å². The lowest BCUT2D eigenvalue weighted by atomic mass is 10.1. The van der Waals surface area contributed by atoms with E-state index in [1.54, 1.807) is 6.07 Å². The second kappa shape index (κ2) is 5.55. The number of benzene rings is 2. The average molecular weight is 268 g/mol. The molecule has 2 N–H and O–H groups in total. The molecular formula is C17H20N2O. The summed E-state index contributed by atoms with van der Waals surface area (Å²) in [6, 6.07) is 14.3. The van der Waals surface area contributed by atoms with Gasteiger partial charge in [0.05, 0.1) is 0 Å². The van der Waals surface area contributed by atoms with Gasteiger partial charge in [0.15, 0.2) is 0 Å². The monoisotopic (exact) mass is 268 g/mol. The number of para-hydroxylation sites is 1. The van der Waals surface area contributed by atoms with Gasteiger partial charge in [-0.1, -0.05) is 35.9 Å². The van der Waals surface area contributed by atoms with Crippen LogP contribution in [-0.4, -0.2) is 18.2 Å². The van der Waals surface area contributed by atoms with E-state index >= 15 is 0 Å². The fourth-order valence-electron chi connectivity index (χ4n) is 2.74. The predicted octanol–water partition coefficient (Wildman–Crippen LogP) is 2.81. The van der Waals surface area contributed by atoms with E-state index < -0.39 is 0 Å². The summed E-state index contributed by atoms with van der Waals surface area (Å²) in [5.41, 5.74) is 4.75. The quantitative estimate of drug-likeness (QED) is 0.879. The number of rotatable bonds is 2. The van der Waals surface area contributed by atoms with Crippen molar-refractivity contribution in [2.45, 2.75) is 20.0 Å². The number of phenols is 1. The van der Waals surface area contributed by atoms with Crippen LogP contribution in [0.25, 0.3) is 0 Å². The van der Waals surface area contributed by atoms with Gasteiger partial charge in [-0.15, -0.1) is 0 Å². The van der Waals surface area contributed by atoms with E-state index in [1.807, 2.05) is 6.07 Å². The highest BCUT2D eigenvalue weighted by atomic mass is 16.3. The van der Waals surface area contributed by atoms with Crippen LogP contribution in [0.1, 0.15) is 16.7 Å². The van der Waals surface area contributed by atoms with Gasteiger partial charge in [0.1, 0.15) is 5.75 Å². The Morgan fingerprint density at radius 2 is 2.05 bits per heavy atom. The van der Waals surface area contributed by atoms with Crippen molar-refractivity contribution in [2.24, 2.45) is 0 Å². The number of fused-ring (bicyclic) bond motifs is 1. The second-order valence-electron chi connectivity index (χ2n) is 5.36. The molecule has 104 valence electrons. The molecule has 0 aromatic heterocycles. The topological polar surface area (TPSA) is 35.5 Å². The fourth-order valence-corrected chi connectivity index (χ4v) is 2.74. The maximum absolute atomic E-state index is 10.0. The number of aromatic hydroxyl groups is 1. The van der Waals surface area contributed by atoms with Gasteiger partial charge in [-0.05, 0) is 24.6 Å².